The third kappa shape index (κ3) is 4.53. The highest BCUT2D eigenvalue weighted by Gasteiger charge is 2.06. The molecule has 110 valence electrons. The molecule has 21 heavy (non-hydrogen) atoms. The smallest absolute Gasteiger partial charge is 0.163 e. The largest absolute Gasteiger partial charge is 0.493 e. The second-order valence-corrected chi connectivity index (χ2v) is 4.87. The summed E-state index contributed by atoms with van der Waals surface area (Å²) in [5.41, 5.74) is 0.467. The van der Waals surface area contributed by atoms with Crippen LogP contribution in [0.15, 0.2) is 42.5 Å². The number of rotatable bonds is 6. The molecule has 0 saturated heterocycles. The van der Waals surface area contributed by atoms with Gasteiger partial charge < -0.3 is 4.74 Å². The molecule has 0 amide bonds. The van der Waals surface area contributed by atoms with Crippen molar-refractivity contribution in [3.8, 4) is 5.75 Å². The van der Waals surface area contributed by atoms with Crippen LogP contribution in [-0.2, 0) is 0 Å². The average Bonchev–Trinajstić information content (AvgIpc) is 2.47. The number of benzene rings is 2. The highest BCUT2D eigenvalue weighted by molar-refractivity contribution is 6.30. The zero-order valence-corrected chi connectivity index (χ0v) is 11.9. The lowest BCUT2D eigenvalue weighted by atomic mass is 10.1. The minimum Gasteiger partial charge on any atom is -0.493 e. The van der Waals surface area contributed by atoms with Crippen LogP contribution in [0.5, 0.6) is 5.75 Å². The lowest BCUT2D eigenvalue weighted by molar-refractivity contribution is 0.0973. The summed E-state index contributed by atoms with van der Waals surface area (Å²) in [6.45, 7) is 0.286. The van der Waals surface area contributed by atoms with E-state index in [1.807, 2.05) is 0 Å². The minimum atomic E-state index is -0.545. The highest BCUT2D eigenvalue weighted by atomic mass is 35.5. The van der Waals surface area contributed by atoms with Crippen molar-refractivity contribution < 1.29 is 18.3 Å². The van der Waals surface area contributed by atoms with Crippen LogP contribution in [0.3, 0.4) is 0 Å². The Kier molecular flexibility index (Phi) is 5.28. The summed E-state index contributed by atoms with van der Waals surface area (Å²) >= 11 is 5.56. The van der Waals surface area contributed by atoms with Gasteiger partial charge in [-0.15, -0.1) is 0 Å². The van der Waals surface area contributed by atoms with Gasteiger partial charge in [0.2, 0.25) is 0 Å². The van der Waals surface area contributed by atoms with E-state index in [0.29, 0.717) is 17.7 Å². The standard InChI is InChI=1S/C16H13ClF2O2/c17-14-8-7-13(10-15(14)19)21-9-1-2-16(20)11-3-5-12(18)6-4-11/h3-8,10H,1-2,9H2. The van der Waals surface area contributed by atoms with Gasteiger partial charge in [0.25, 0.3) is 0 Å². The van der Waals surface area contributed by atoms with Gasteiger partial charge in [0.1, 0.15) is 17.4 Å². The van der Waals surface area contributed by atoms with Gasteiger partial charge in [-0.25, -0.2) is 8.78 Å². The third-order valence-electron chi connectivity index (χ3n) is 2.87. The van der Waals surface area contributed by atoms with E-state index in [4.69, 9.17) is 16.3 Å². The first kappa shape index (κ1) is 15.4. The van der Waals surface area contributed by atoms with Gasteiger partial charge in [0, 0.05) is 18.1 Å². The molecule has 0 fully saturated rings. The number of ether oxygens (including phenoxy) is 1. The molecule has 2 rings (SSSR count). The van der Waals surface area contributed by atoms with Crippen molar-refractivity contribution in [2.45, 2.75) is 12.8 Å². The van der Waals surface area contributed by atoms with E-state index in [2.05, 4.69) is 0 Å². The zero-order chi connectivity index (χ0) is 15.2. The number of hydrogen-bond donors (Lipinski definition) is 0. The summed E-state index contributed by atoms with van der Waals surface area (Å²) in [5.74, 6) is -0.636. The Labute approximate surface area is 126 Å². The first-order valence-corrected chi connectivity index (χ1v) is 6.80. The van der Waals surface area contributed by atoms with Crippen LogP contribution in [0.2, 0.25) is 5.02 Å². The second kappa shape index (κ2) is 7.18. The number of halogens is 3. The third-order valence-corrected chi connectivity index (χ3v) is 3.18. The predicted octanol–water partition coefficient (Wildman–Crippen LogP) is 4.66. The number of carbonyl (C=O) groups excluding carboxylic acids is 1. The molecule has 0 unspecified atom stereocenters. The van der Waals surface area contributed by atoms with E-state index < -0.39 is 5.82 Å². The number of carbonyl (C=O) groups is 1. The van der Waals surface area contributed by atoms with Crippen molar-refractivity contribution in [3.63, 3.8) is 0 Å². The Morgan fingerprint density at radius 3 is 2.48 bits per heavy atom. The fourth-order valence-corrected chi connectivity index (χ4v) is 1.89. The fourth-order valence-electron chi connectivity index (χ4n) is 1.77. The van der Waals surface area contributed by atoms with Crippen LogP contribution in [0.25, 0.3) is 0 Å². The van der Waals surface area contributed by atoms with E-state index in [9.17, 15) is 13.6 Å². The summed E-state index contributed by atoms with van der Waals surface area (Å²) in [4.78, 5) is 11.8. The van der Waals surface area contributed by atoms with Crippen molar-refractivity contribution >= 4 is 17.4 Å². The molecule has 2 aromatic carbocycles. The van der Waals surface area contributed by atoms with Crippen molar-refractivity contribution in [1.29, 1.82) is 0 Å². The Hall–Kier alpha value is -1.94. The lowest BCUT2D eigenvalue weighted by Gasteiger charge is -2.06. The van der Waals surface area contributed by atoms with Crippen LogP contribution in [0.4, 0.5) is 8.78 Å². The summed E-state index contributed by atoms with van der Waals surface area (Å²) in [5, 5.41) is 0.0360. The maximum absolute atomic E-state index is 13.2. The maximum atomic E-state index is 13.2. The molecule has 5 heteroatoms. The molecular weight excluding hydrogens is 298 g/mol. The molecule has 0 saturated carbocycles. The highest BCUT2D eigenvalue weighted by Crippen LogP contribution is 2.20. The molecule has 0 aromatic heterocycles. The van der Waals surface area contributed by atoms with Crippen LogP contribution < -0.4 is 4.74 Å². The molecule has 0 atom stereocenters. The number of ketones is 1. The summed E-state index contributed by atoms with van der Waals surface area (Å²) < 4.78 is 31.2. The topological polar surface area (TPSA) is 26.3 Å². The van der Waals surface area contributed by atoms with E-state index in [0.717, 1.165) is 0 Å². The quantitative estimate of drug-likeness (QED) is 0.573. The first-order valence-electron chi connectivity index (χ1n) is 6.43. The van der Waals surface area contributed by atoms with Gasteiger partial charge in [-0.05, 0) is 42.8 Å². The van der Waals surface area contributed by atoms with Gasteiger partial charge in [-0.1, -0.05) is 11.6 Å². The molecule has 2 aromatic rings. The fraction of sp³-hybridized carbons (Fsp3) is 0.188. The molecule has 0 heterocycles. The Balaban J connectivity index is 1.77. The molecule has 0 bridgehead atoms. The predicted molar refractivity (Wildman–Crippen MR) is 76.9 cm³/mol. The van der Waals surface area contributed by atoms with Gasteiger partial charge in [-0.3, -0.25) is 4.79 Å². The lowest BCUT2D eigenvalue weighted by Crippen LogP contribution is -2.04. The molecule has 0 radical (unpaired) electrons. The van der Waals surface area contributed by atoms with Gasteiger partial charge in [0.15, 0.2) is 5.78 Å². The first-order chi connectivity index (χ1) is 10.1. The Bertz CT molecular complexity index is 627. The molecule has 0 N–H and O–H groups in total. The Morgan fingerprint density at radius 2 is 1.81 bits per heavy atom. The van der Waals surface area contributed by atoms with Gasteiger partial charge >= 0.3 is 0 Å². The zero-order valence-electron chi connectivity index (χ0n) is 11.1. The molecule has 2 nitrogen and oxygen atoms in total. The number of Topliss-reactive ketones (excluding diaryl/α,β-unsaturated/α-hetero) is 1. The van der Waals surface area contributed by atoms with Crippen LogP contribution in [0.1, 0.15) is 23.2 Å². The SMILES string of the molecule is O=C(CCCOc1ccc(Cl)c(F)c1)c1ccc(F)cc1. The minimum absolute atomic E-state index is 0.0360. The molecule has 0 aliphatic carbocycles. The van der Waals surface area contributed by atoms with Crippen molar-refractivity contribution in [2.24, 2.45) is 0 Å². The van der Waals surface area contributed by atoms with Crippen LogP contribution in [0, 0.1) is 11.6 Å². The molecular formula is C16H13ClF2O2. The van der Waals surface area contributed by atoms with Crippen molar-refractivity contribution in [2.75, 3.05) is 6.61 Å². The van der Waals surface area contributed by atoms with Gasteiger partial charge in [0.05, 0.1) is 11.6 Å². The van der Waals surface area contributed by atoms with E-state index in [1.54, 1.807) is 6.07 Å². The summed E-state index contributed by atoms with van der Waals surface area (Å²) in [6.07, 6.45) is 0.766. The van der Waals surface area contributed by atoms with E-state index in [1.165, 1.54) is 36.4 Å². The van der Waals surface area contributed by atoms with Gasteiger partial charge in [-0.2, -0.15) is 0 Å². The van der Waals surface area contributed by atoms with Crippen molar-refractivity contribution in [3.05, 3.63) is 64.7 Å². The average molecular weight is 311 g/mol. The summed E-state index contributed by atoms with van der Waals surface area (Å²) in [6, 6.07) is 9.58. The normalized spacial score (nSPS) is 10.4. The second-order valence-electron chi connectivity index (χ2n) is 4.46. The molecule has 0 spiro atoms. The molecule has 0 aliphatic heterocycles. The maximum Gasteiger partial charge on any atom is 0.163 e. The summed E-state index contributed by atoms with van der Waals surface area (Å²) in [7, 11) is 0. The van der Waals surface area contributed by atoms with E-state index >= 15 is 0 Å². The van der Waals surface area contributed by atoms with Crippen LogP contribution in [-0.4, -0.2) is 12.4 Å². The number of hydrogen-bond acceptors (Lipinski definition) is 2. The van der Waals surface area contributed by atoms with E-state index in [-0.39, 0.29) is 29.7 Å². The Morgan fingerprint density at radius 1 is 1.10 bits per heavy atom. The monoisotopic (exact) mass is 310 g/mol. The van der Waals surface area contributed by atoms with Crippen LogP contribution >= 0.6 is 11.6 Å². The van der Waals surface area contributed by atoms with Crippen molar-refractivity contribution in [1.82, 2.24) is 0 Å². The molecule has 0 aliphatic rings.